The van der Waals surface area contributed by atoms with Crippen LogP contribution in [0.3, 0.4) is 0 Å². The standard InChI is InChI=1S/C17H19N3O4S/c1-13(21)19-14-8-10-16(11-9-14)25(23,24)18-12-17(22)20(2)15-6-4-3-5-7-15/h3-11,18H,12H2,1-2H3,(H,19,21). The lowest BCUT2D eigenvalue weighted by molar-refractivity contribution is -0.117. The predicted octanol–water partition coefficient (Wildman–Crippen LogP) is 1.59. The van der Waals surface area contributed by atoms with E-state index < -0.39 is 10.0 Å². The molecule has 0 fully saturated rings. The molecule has 7 nitrogen and oxygen atoms in total. The van der Waals surface area contributed by atoms with Gasteiger partial charge in [-0.05, 0) is 36.4 Å². The first kappa shape index (κ1) is 18.6. The van der Waals surface area contributed by atoms with E-state index in [1.807, 2.05) is 6.07 Å². The summed E-state index contributed by atoms with van der Waals surface area (Å²) in [5, 5.41) is 2.55. The SMILES string of the molecule is CC(=O)Nc1ccc(S(=O)(=O)NCC(=O)N(C)c2ccccc2)cc1. The number of carbonyl (C=O) groups excluding carboxylic acids is 2. The smallest absolute Gasteiger partial charge is 0.241 e. The van der Waals surface area contributed by atoms with E-state index in [2.05, 4.69) is 10.0 Å². The number of nitrogens with zero attached hydrogens (tertiary/aromatic N) is 1. The summed E-state index contributed by atoms with van der Waals surface area (Å²) < 4.78 is 26.8. The summed E-state index contributed by atoms with van der Waals surface area (Å²) in [5.41, 5.74) is 1.16. The molecule has 0 aliphatic carbocycles. The molecule has 0 atom stereocenters. The molecular weight excluding hydrogens is 342 g/mol. The Morgan fingerprint density at radius 3 is 2.16 bits per heavy atom. The van der Waals surface area contributed by atoms with Crippen molar-refractivity contribution in [3.63, 3.8) is 0 Å². The number of nitrogens with one attached hydrogen (secondary N) is 2. The summed E-state index contributed by atoms with van der Waals surface area (Å²) in [6.07, 6.45) is 0. The minimum absolute atomic E-state index is 0.0109. The number of hydrogen-bond donors (Lipinski definition) is 2. The van der Waals surface area contributed by atoms with E-state index in [4.69, 9.17) is 0 Å². The number of carbonyl (C=O) groups is 2. The van der Waals surface area contributed by atoms with Crippen LogP contribution in [0, 0.1) is 0 Å². The van der Waals surface area contributed by atoms with Gasteiger partial charge >= 0.3 is 0 Å². The van der Waals surface area contributed by atoms with Crippen LogP contribution in [0.25, 0.3) is 0 Å². The fourth-order valence-electron chi connectivity index (χ4n) is 2.07. The Hall–Kier alpha value is -2.71. The lowest BCUT2D eigenvalue weighted by Crippen LogP contribution is -2.38. The highest BCUT2D eigenvalue weighted by atomic mass is 32.2. The van der Waals surface area contributed by atoms with Gasteiger partial charge in [-0.2, -0.15) is 0 Å². The number of anilines is 2. The molecule has 8 heteroatoms. The van der Waals surface area contributed by atoms with E-state index in [0.29, 0.717) is 11.4 Å². The first-order valence-corrected chi connectivity index (χ1v) is 8.97. The van der Waals surface area contributed by atoms with E-state index in [0.717, 1.165) is 0 Å². The Kier molecular flexibility index (Phi) is 5.89. The highest BCUT2D eigenvalue weighted by Gasteiger charge is 2.18. The monoisotopic (exact) mass is 361 g/mol. The van der Waals surface area contributed by atoms with Crippen molar-refractivity contribution in [2.45, 2.75) is 11.8 Å². The van der Waals surface area contributed by atoms with E-state index in [1.54, 1.807) is 31.3 Å². The van der Waals surface area contributed by atoms with Crippen LogP contribution in [0.1, 0.15) is 6.92 Å². The average molecular weight is 361 g/mol. The highest BCUT2D eigenvalue weighted by Crippen LogP contribution is 2.14. The van der Waals surface area contributed by atoms with E-state index in [9.17, 15) is 18.0 Å². The molecule has 0 bridgehead atoms. The highest BCUT2D eigenvalue weighted by molar-refractivity contribution is 7.89. The van der Waals surface area contributed by atoms with Gasteiger partial charge in [-0.3, -0.25) is 9.59 Å². The molecular formula is C17H19N3O4S. The molecule has 0 radical (unpaired) electrons. The maximum Gasteiger partial charge on any atom is 0.241 e. The Labute approximate surface area is 146 Å². The van der Waals surface area contributed by atoms with Crippen molar-refractivity contribution in [2.75, 3.05) is 23.8 Å². The zero-order valence-electron chi connectivity index (χ0n) is 13.9. The minimum atomic E-state index is -3.83. The summed E-state index contributed by atoms with van der Waals surface area (Å²) >= 11 is 0. The van der Waals surface area contributed by atoms with Gasteiger partial charge in [0, 0.05) is 25.3 Å². The number of rotatable bonds is 6. The normalized spacial score (nSPS) is 11.0. The summed E-state index contributed by atoms with van der Waals surface area (Å²) in [7, 11) is -2.25. The summed E-state index contributed by atoms with van der Waals surface area (Å²) in [6.45, 7) is 1.00. The molecule has 0 spiro atoms. The largest absolute Gasteiger partial charge is 0.326 e. The Morgan fingerprint density at radius 2 is 1.60 bits per heavy atom. The van der Waals surface area contributed by atoms with Crippen LogP contribution in [0.4, 0.5) is 11.4 Å². The summed E-state index contributed by atoms with van der Waals surface area (Å²) in [6, 6.07) is 14.6. The Bertz CT molecular complexity index is 849. The number of hydrogen-bond acceptors (Lipinski definition) is 4. The van der Waals surface area contributed by atoms with Gasteiger partial charge < -0.3 is 10.2 Å². The van der Waals surface area contributed by atoms with Gasteiger partial charge in [0.2, 0.25) is 21.8 Å². The Balaban J connectivity index is 2.01. The van der Waals surface area contributed by atoms with E-state index in [1.165, 1.54) is 36.1 Å². The van der Waals surface area contributed by atoms with Crippen LogP contribution in [-0.4, -0.2) is 33.8 Å². The fraction of sp³-hybridized carbons (Fsp3) is 0.176. The second-order valence-electron chi connectivity index (χ2n) is 5.32. The van der Waals surface area contributed by atoms with Gasteiger partial charge in [0.05, 0.1) is 11.4 Å². The van der Waals surface area contributed by atoms with Gasteiger partial charge in [0.15, 0.2) is 0 Å². The molecule has 2 rings (SSSR count). The number of benzene rings is 2. The van der Waals surface area contributed by atoms with Gasteiger partial charge in [0.1, 0.15) is 0 Å². The fourth-order valence-corrected chi connectivity index (χ4v) is 3.05. The summed E-state index contributed by atoms with van der Waals surface area (Å²) in [4.78, 5) is 24.5. The topological polar surface area (TPSA) is 95.6 Å². The average Bonchev–Trinajstić information content (AvgIpc) is 2.60. The molecule has 25 heavy (non-hydrogen) atoms. The molecule has 0 saturated heterocycles. The lowest BCUT2D eigenvalue weighted by atomic mass is 10.3. The van der Waals surface area contributed by atoms with Crippen LogP contribution in [0.2, 0.25) is 0 Å². The molecule has 2 aromatic carbocycles. The molecule has 2 N–H and O–H groups in total. The molecule has 0 saturated carbocycles. The molecule has 0 unspecified atom stereocenters. The molecule has 0 aliphatic rings. The number of para-hydroxylation sites is 1. The zero-order valence-corrected chi connectivity index (χ0v) is 14.7. The van der Waals surface area contributed by atoms with Gasteiger partial charge in [-0.25, -0.2) is 13.1 Å². The third-order valence-electron chi connectivity index (χ3n) is 3.42. The zero-order chi connectivity index (χ0) is 18.4. The van der Waals surface area contributed by atoms with Gasteiger partial charge in [-0.15, -0.1) is 0 Å². The van der Waals surface area contributed by atoms with E-state index in [-0.39, 0.29) is 23.3 Å². The molecule has 2 aromatic rings. The first-order chi connectivity index (χ1) is 11.8. The lowest BCUT2D eigenvalue weighted by Gasteiger charge is -2.17. The second-order valence-corrected chi connectivity index (χ2v) is 7.09. The first-order valence-electron chi connectivity index (χ1n) is 7.48. The Morgan fingerprint density at radius 1 is 1.00 bits per heavy atom. The predicted molar refractivity (Wildman–Crippen MR) is 95.8 cm³/mol. The van der Waals surface area contributed by atoms with Crippen LogP contribution < -0.4 is 14.9 Å². The number of likely N-dealkylation sites (N-methyl/N-ethyl adjacent to an activating group) is 1. The van der Waals surface area contributed by atoms with Crippen LogP contribution in [0.5, 0.6) is 0 Å². The number of sulfonamides is 1. The third kappa shape index (κ3) is 5.13. The molecule has 0 aromatic heterocycles. The van der Waals surface area contributed by atoms with Crippen LogP contribution in [-0.2, 0) is 19.6 Å². The molecule has 0 heterocycles. The van der Waals surface area contributed by atoms with Crippen molar-refractivity contribution in [1.82, 2.24) is 4.72 Å². The van der Waals surface area contributed by atoms with Crippen molar-refractivity contribution in [2.24, 2.45) is 0 Å². The third-order valence-corrected chi connectivity index (χ3v) is 4.83. The minimum Gasteiger partial charge on any atom is -0.326 e. The number of amides is 2. The maximum absolute atomic E-state index is 12.3. The molecule has 0 aliphatic heterocycles. The van der Waals surface area contributed by atoms with Crippen LogP contribution >= 0.6 is 0 Å². The molecule has 132 valence electrons. The van der Waals surface area contributed by atoms with Crippen molar-refractivity contribution < 1.29 is 18.0 Å². The quantitative estimate of drug-likeness (QED) is 0.817. The van der Waals surface area contributed by atoms with Crippen molar-refractivity contribution in [3.8, 4) is 0 Å². The van der Waals surface area contributed by atoms with Crippen molar-refractivity contribution in [3.05, 3.63) is 54.6 Å². The van der Waals surface area contributed by atoms with Gasteiger partial charge in [0.25, 0.3) is 0 Å². The van der Waals surface area contributed by atoms with Gasteiger partial charge in [-0.1, -0.05) is 18.2 Å². The maximum atomic E-state index is 12.3. The van der Waals surface area contributed by atoms with Crippen molar-refractivity contribution in [1.29, 1.82) is 0 Å². The van der Waals surface area contributed by atoms with Crippen LogP contribution in [0.15, 0.2) is 59.5 Å². The summed E-state index contributed by atoms with van der Waals surface area (Å²) in [5.74, 6) is -0.632. The molecule has 2 amide bonds. The van der Waals surface area contributed by atoms with E-state index >= 15 is 0 Å². The second kappa shape index (κ2) is 7.91. The van der Waals surface area contributed by atoms with Crippen molar-refractivity contribution >= 4 is 33.2 Å².